The third kappa shape index (κ3) is 1.55. The minimum atomic E-state index is 1.03. The van der Waals surface area contributed by atoms with Crippen LogP contribution in [-0.2, 0) is 13.0 Å². The fraction of sp³-hybridized carbons (Fsp3) is 0.385. The Balaban J connectivity index is 1.99. The normalized spacial score (nSPS) is 19.3. The molecule has 0 unspecified atom stereocenters. The summed E-state index contributed by atoms with van der Waals surface area (Å²) in [4.78, 5) is 2.45. The molecule has 2 nitrogen and oxygen atoms in total. The summed E-state index contributed by atoms with van der Waals surface area (Å²) < 4.78 is 0. The maximum Gasteiger partial charge on any atom is 0.0408 e. The molecule has 0 atom stereocenters. The largest absolute Gasteiger partial charge is 0.364 e. The lowest BCUT2D eigenvalue weighted by molar-refractivity contribution is 0.642. The Morgan fingerprint density at radius 3 is 2.87 bits per heavy atom. The Morgan fingerprint density at radius 1 is 1.13 bits per heavy atom. The molecule has 1 aromatic carbocycles. The molecule has 15 heavy (non-hydrogen) atoms. The van der Waals surface area contributed by atoms with Crippen molar-refractivity contribution >= 4 is 5.69 Å². The van der Waals surface area contributed by atoms with E-state index in [1.165, 1.54) is 17.7 Å². The summed E-state index contributed by atoms with van der Waals surface area (Å²) in [6.45, 7) is 4.30. The topological polar surface area (TPSA) is 15.3 Å². The van der Waals surface area contributed by atoms with Crippen LogP contribution in [0.5, 0.6) is 0 Å². The van der Waals surface area contributed by atoms with Crippen molar-refractivity contribution in [3.05, 3.63) is 41.5 Å². The lowest BCUT2D eigenvalue weighted by Gasteiger charge is -2.26. The molecule has 0 spiro atoms. The van der Waals surface area contributed by atoms with Crippen LogP contribution in [0.1, 0.15) is 11.1 Å². The Bertz CT molecular complexity index is 388. The number of nitrogens with one attached hydrogen (secondary N) is 1. The van der Waals surface area contributed by atoms with Crippen LogP contribution in [0.15, 0.2) is 30.4 Å². The third-order valence-corrected chi connectivity index (χ3v) is 3.27. The Hall–Kier alpha value is -1.28. The molecule has 2 heterocycles. The van der Waals surface area contributed by atoms with Gasteiger partial charge in [-0.15, -0.1) is 0 Å². The highest BCUT2D eigenvalue weighted by molar-refractivity contribution is 5.59. The molecule has 1 aromatic rings. The van der Waals surface area contributed by atoms with Gasteiger partial charge in [0.1, 0.15) is 0 Å². The van der Waals surface area contributed by atoms with Crippen molar-refractivity contribution in [2.45, 2.75) is 13.0 Å². The molecule has 78 valence electrons. The summed E-state index contributed by atoms with van der Waals surface area (Å²) in [6, 6.07) is 6.69. The van der Waals surface area contributed by atoms with Crippen molar-refractivity contribution in [3.63, 3.8) is 0 Å². The van der Waals surface area contributed by atoms with Crippen molar-refractivity contribution in [2.24, 2.45) is 0 Å². The van der Waals surface area contributed by atoms with Gasteiger partial charge in [-0.25, -0.2) is 0 Å². The van der Waals surface area contributed by atoms with Crippen molar-refractivity contribution in [1.82, 2.24) is 5.32 Å². The third-order valence-electron chi connectivity index (χ3n) is 3.27. The van der Waals surface area contributed by atoms with Gasteiger partial charge in [-0.05, 0) is 30.2 Å². The first kappa shape index (κ1) is 8.98. The predicted octanol–water partition coefficient (Wildman–Crippen LogP) is 1.71. The van der Waals surface area contributed by atoms with Crippen LogP contribution >= 0.6 is 0 Å². The maximum absolute atomic E-state index is 3.42. The number of benzene rings is 1. The highest BCUT2D eigenvalue weighted by Gasteiger charge is 2.16. The highest BCUT2D eigenvalue weighted by atomic mass is 15.1. The second-order valence-electron chi connectivity index (χ2n) is 4.22. The van der Waals surface area contributed by atoms with Gasteiger partial charge in [0.15, 0.2) is 0 Å². The van der Waals surface area contributed by atoms with Crippen LogP contribution < -0.4 is 10.2 Å². The molecule has 0 bridgehead atoms. The lowest BCUT2D eigenvalue weighted by Crippen LogP contribution is -2.27. The molecule has 0 fully saturated rings. The van der Waals surface area contributed by atoms with Gasteiger partial charge in [0.2, 0.25) is 0 Å². The van der Waals surface area contributed by atoms with Gasteiger partial charge < -0.3 is 10.2 Å². The van der Waals surface area contributed by atoms with Gasteiger partial charge in [-0.1, -0.05) is 24.3 Å². The van der Waals surface area contributed by atoms with Gasteiger partial charge in [0, 0.05) is 25.3 Å². The monoisotopic (exact) mass is 200 g/mol. The first-order valence-corrected chi connectivity index (χ1v) is 5.66. The first-order valence-electron chi connectivity index (χ1n) is 5.66. The van der Waals surface area contributed by atoms with E-state index >= 15 is 0 Å². The van der Waals surface area contributed by atoms with Gasteiger partial charge in [0.25, 0.3) is 0 Å². The zero-order chi connectivity index (χ0) is 10.1. The molecule has 0 aliphatic carbocycles. The molecule has 0 saturated heterocycles. The quantitative estimate of drug-likeness (QED) is 0.694. The molecule has 1 N–H and O–H groups in total. The summed E-state index contributed by atoms with van der Waals surface area (Å²) in [6.07, 6.45) is 5.67. The predicted molar refractivity (Wildman–Crippen MR) is 63.2 cm³/mol. The number of fused-ring (bicyclic) bond motifs is 1. The minimum absolute atomic E-state index is 1.03. The van der Waals surface area contributed by atoms with E-state index in [0.29, 0.717) is 0 Å². The van der Waals surface area contributed by atoms with Crippen LogP contribution in [0.3, 0.4) is 0 Å². The van der Waals surface area contributed by atoms with Crippen molar-refractivity contribution in [2.75, 3.05) is 24.5 Å². The van der Waals surface area contributed by atoms with E-state index in [0.717, 1.165) is 26.2 Å². The Morgan fingerprint density at radius 2 is 2.00 bits per heavy atom. The molecule has 2 aliphatic heterocycles. The van der Waals surface area contributed by atoms with Crippen LogP contribution in [0.2, 0.25) is 0 Å². The number of nitrogens with zero attached hydrogens (tertiary/aromatic N) is 1. The standard InChI is InChI=1S/C13H16N2/c1-2-9-15(8-1)13-5-3-4-11-10-14-7-6-12(11)13/h1-5,14H,6-10H2. The smallest absolute Gasteiger partial charge is 0.0408 e. The fourth-order valence-electron chi connectivity index (χ4n) is 2.48. The number of hydrogen-bond donors (Lipinski definition) is 1. The molecule has 0 amide bonds. The molecule has 0 saturated carbocycles. The lowest BCUT2D eigenvalue weighted by atomic mass is 9.98. The zero-order valence-corrected chi connectivity index (χ0v) is 8.87. The first-order chi connectivity index (χ1) is 7.45. The average molecular weight is 200 g/mol. The zero-order valence-electron chi connectivity index (χ0n) is 8.87. The van der Waals surface area contributed by atoms with Crippen LogP contribution in [0, 0.1) is 0 Å². The molecular weight excluding hydrogens is 184 g/mol. The SMILES string of the molecule is C1=CCN(c2cccc3c2CCNC3)C1. The van der Waals surface area contributed by atoms with Gasteiger partial charge in [-0.3, -0.25) is 0 Å². The van der Waals surface area contributed by atoms with E-state index in [1.54, 1.807) is 5.56 Å². The molecule has 2 heteroatoms. The second kappa shape index (κ2) is 3.70. The van der Waals surface area contributed by atoms with Crippen LogP contribution in [0.4, 0.5) is 5.69 Å². The second-order valence-corrected chi connectivity index (χ2v) is 4.22. The van der Waals surface area contributed by atoms with Gasteiger partial charge in [-0.2, -0.15) is 0 Å². The molecule has 2 aliphatic rings. The minimum Gasteiger partial charge on any atom is -0.364 e. The van der Waals surface area contributed by atoms with Gasteiger partial charge in [0.05, 0.1) is 0 Å². The fourth-order valence-corrected chi connectivity index (χ4v) is 2.48. The van der Waals surface area contributed by atoms with Crippen LogP contribution in [-0.4, -0.2) is 19.6 Å². The van der Waals surface area contributed by atoms with E-state index in [2.05, 4.69) is 40.6 Å². The summed E-state index contributed by atoms with van der Waals surface area (Å²) in [5.41, 5.74) is 4.48. The number of rotatable bonds is 1. The van der Waals surface area contributed by atoms with E-state index in [9.17, 15) is 0 Å². The summed E-state index contributed by atoms with van der Waals surface area (Å²) in [7, 11) is 0. The summed E-state index contributed by atoms with van der Waals surface area (Å²) in [5.74, 6) is 0. The van der Waals surface area contributed by atoms with E-state index < -0.39 is 0 Å². The Kier molecular flexibility index (Phi) is 2.22. The van der Waals surface area contributed by atoms with Crippen molar-refractivity contribution < 1.29 is 0 Å². The average Bonchev–Trinajstić information content (AvgIpc) is 2.82. The Labute approximate surface area is 90.6 Å². The molecule has 0 radical (unpaired) electrons. The van der Waals surface area contributed by atoms with Crippen molar-refractivity contribution in [1.29, 1.82) is 0 Å². The van der Waals surface area contributed by atoms with Crippen LogP contribution in [0.25, 0.3) is 0 Å². The van der Waals surface area contributed by atoms with E-state index in [-0.39, 0.29) is 0 Å². The van der Waals surface area contributed by atoms with Crippen molar-refractivity contribution in [3.8, 4) is 0 Å². The number of hydrogen-bond acceptors (Lipinski definition) is 2. The molecule has 3 rings (SSSR count). The highest BCUT2D eigenvalue weighted by Crippen LogP contribution is 2.27. The summed E-state index contributed by atoms with van der Waals surface area (Å²) in [5, 5.41) is 3.42. The number of anilines is 1. The maximum atomic E-state index is 3.42. The molecular formula is C13H16N2. The molecule has 0 aromatic heterocycles. The van der Waals surface area contributed by atoms with Gasteiger partial charge >= 0.3 is 0 Å². The summed E-state index contributed by atoms with van der Waals surface area (Å²) >= 11 is 0. The van der Waals surface area contributed by atoms with E-state index in [4.69, 9.17) is 0 Å². The van der Waals surface area contributed by atoms with E-state index in [1.807, 2.05) is 0 Å².